The van der Waals surface area contributed by atoms with Crippen molar-refractivity contribution < 1.29 is 13.2 Å². The summed E-state index contributed by atoms with van der Waals surface area (Å²) in [5, 5.41) is -0.141. The first kappa shape index (κ1) is 9.12. The van der Waals surface area contributed by atoms with Gasteiger partial charge in [-0.25, -0.2) is 4.98 Å². The first-order chi connectivity index (χ1) is 5.41. The second kappa shape index (κ2) is 2.82. The minimum atomic E-state index is -4.47. The van der Waals surface area contributed by atoms with Crippen LogP contribution < -0.4 is 5.73 Å². The summed E-state index contributed by atoms with van der Waals surface area (Å²) in [6.45, 7) is 0. The van der Waals surface area contributed by atoms with Crippen molar-refractivity contribution in [2.24, 2.45) is 0 Å². The molecule has 0 aliphatic carbocycles. The van der Waals surface area contributed by atoms with Crippen molar-refractivity contribution in [1.29, 1.82) is 0 Å². The van der Waals surface area contributed by atoms with Gasteiger partial charge in [-0.05, 0) is 6.07 Å². The summed E-state index contributed by atoms with van der Waals surface area (Å²) in [7, 11) is 0. The van der Waals surface area contributed by atoms with Crippen LogP contribution >= 0.6 is 11.6 Å². The van der Waals surface area contributed by atoms with Crippen LogP contribution in [0.3, 0.4) is 0 Å². The van der Waals surface area contributed by atoms with Gasteiger partial charge in [-0.15, -0.1) is 0 Å². The molecule has 6 heteroatoms. The van der Waals surface area contributed by atoms with Gasteiger partial charge in [-0.2, -0.15) is 13.2 Å². The quantitative estimate of drug-likeness (QED) is 0.692. The molecule has 0 aliphatic heterocycles. The number of nitrogens with zero attached hydrogens (tertiary/aromatic N) is 1. The first-order valence-corrected chi connectivity index (χ1v) is 3.27. The number of halogens is 4. The third-order valence-electron chi connectivity index (χ3n) is 1.17. The maximum Gasteiger partial charge on any atom is 0.433 e. The molecule has 0 saturated heterocycles. The van der Waals surface area contributed by atoms with Crippen molar-refractivity contribution >= 4 is 17.3 Å². The normalized spacial score (nSPS) is 11.7. The highest BCUT2D eigenvalue weighted by molar-refractivity contribution is 6.33. The molecule has 0 amide bonds. The van der Waals surface area contributed by atoms with E-state index < -0.39 is 11.9 Å². The van der Waals surface area contributed by atoms with E-state index in [4.69, 9.17) is 17.3 Å². The Kier molecular flexibility index (Phi) is 2.14. The van der Waals surface area contributed by atoms with Gasteiger partial charge in [0, 0.05) is 0 Å². The largest absolute Gasteiger partial charge is 0.433 e. The van der Waals surface area contributed by atoms with E-state index in [1.165, 1.54) is 0 Å². The highest BCUT2D eigenvalue weighted by Crippen LogP contribution is 2.30. The average Bonchev–Trinajstić information content (AvgIpc) is 1.92. The number of nitrogens with two attached hydrogens (primary N) is 1. The molecule has 1 rings (SSSR count). The smallest absolute Gasteiger partial charge is 0.396 e. The highest BCUT2D eigenvalue weighted by Gasteiger charge is 2.32. The van der Waals surface area contributed by atoms with Gasteiger partial charge in [0.25, 0.3) is 0 Å². The number of pyridine rings is 1. The van der Waals surface area contributed by atoms with Crippen molar-refractivity contribution in [3.8, 4) is 0 Å². The molecule has 1 aromatic heterocycles. The van der Waals surface area contributed by atoms with Gasteiger partial charge >= 0.3 is 6.18 Å². The summed E-state index contributed by atoms with van der Waals surface area (Å²) in [6.07, 6.45) is -3.59. The summed E-state index contributed by atoms with van der Waals surface area (Å²) in [5.41, 5.74) is 4.16. The Balaban J connectivity index is 3.14. The van der Waals surface area contributed by atoms with E-state index in [1.807, 2.05) is 0 Å². The summed E-state index contributed by atoms with van der Waals surface area (Å²) >= 11 is 5.35. The van der Waals surface area contributed by atoms with E-state index in [2.05, 4.69) is 4.98 Å². The lowest BCUT2D eigenvalue weighted by Crippen LogP contribution is -2.08. The van der Waals surface area contributed by atoms with Crippen molar-refractivity contribution in [3.63, 3.8) is 0 Å². The van der Waals surface area contributed by atoms with Crippen molar-refractivity contribution in [2.75, 3.05) is 5.73 Å². The number of hydrogen-bond acceptors (Lipinski definition) is 2. The van der Waals surface area contributed by atoms with Crippen LogP contribution in [0.15, 0.2) is 12.3 Å². The monoisotopic (exact) mass is 196 g/mol. The number of hydrogen-bond donors (Lipinski definition) is 1. The Morgan fingerprint density at radius 1 is 1.42 bits per heavy atom. The molecule has 0 unspecified atom stereocenters. The molecule has 2 N–H and O–H groups in total. The zero-order chi connectivity index (χ0) is 9.35. The molecule has 66 valence electrons. The molecule has 1 heterocycles. The lowest BCUT2D eigenvalue weighted by Gasteiger charge is -2.05. The van der Waals surface area contributed by atoms with Crippen LogP contribution in [-0.4, -0.2) is 4.98 Å². The van der Waals surface area contributed by atoms with E-state index in [9.17, 15) is 13.2 Å². The first-order valence-electron chi connectivity index (χ1n) is 2.89. The van der Waals surface area contributed by atoms with Crippen LogP contribution in [0.25, 0.3) is 0 Å². The molecule has 1 aromatic rings. The molecule has 0 bridgehead atoms. The van der Waals surface area contributed by atoms with E-state index >= 15 is 0 Å². The molecule has 0 spiro atoms. The van der Waals surface area contributed by atoms with Crippen molar-refractivity contribution in [2.45, 2.75) is 6.18 Å². The maximum absolute atomic E-state index is 11.9. The fourth-order valence-corrected chi connectivity index (χ4v) is 0.749. The van der Waals surface area contributed by atoms with Crippen LogP contribution in [0.5, 0.6) is 0 Å². The number of nitrogen functional groups attached to an aromatic ring is 1. The van der Waals surface area contributed by atoms with Crippen LogP contribution in [0.4, 0.5) is 18.9 Å². The minimum absolute atomic E-state index is 0.0321. The SMILES string of the molecule is Nc1cnc(C(F)(F)F)cc1Cl. The Morgan fingerprint density at radius 2 is 2.00 bits per heavy atom. The zero-order valence-corrected chi connectivity index (χ0v) is 6.45. The van der Waals surface area contributed by atoms with Crippen LogP contribution in [0, 0.1) is 0 Å². The van der Waals surface area contributed by atoms with Gasteiger partial charge in [0.05, 0.1) is 16.9 Å². The average molecular weight is 197 g/mol. The molecular weight excluding hydrogens is 193 g/mol. The topological polar surface area (TPSA) is 38.9 Å². The lowest BCUT2D eigenvalue weighted by atomic mass is 10.3. The molecule has 12 heavy (non-hydrogen) atoms. The Morgan fingerprint density at radius 3 is 2.42 bits per heavy atom. The van der Waals surface area contributed by atoms with Crippen LogP contribution in [0.1, 0.15) is 5.69 Å². The van der Waals surface area contributed by atoms with Crippen LogP contribution in [0.2, 0.25) is 5.02 Å². The zero-order valence-electron chi connectivity index (χ0n) is 5.69. The van der Waals surface area contributed by atoms with Crippen LogP contribution in [-0.2, 0) is 6.18 Å². The number of rotatable bonds is 0. The highest BCUT2D eigenvalue weighted by atomic mass is 35.5. The van der Waals surface area contributed by atoms with Gasteiger partial charge in [0.2, 0.25) is 0 Å². The molecule has 0 aliphatic rings. The molecule has 0 saturated carbocycles. The maximum atomic E-state index is 11.9. The third-order valence-corrected chi connectivity index (χ3v) is 1.50. The second-order valence-corrected chi connectivity index (χ2v) is 2.50. The summed E-state index contributed by atoms with van der Waals surface area (Å²) < 4.78 is 35.8. The molecule has 2 nitrogen and oxygen atoms in total. The standard InChI is InChI=1S/C6H4ClF3N2/c7-3-1-5(6(8,9)10)12-2-4(3)11/h1-2H,11H2. The second-order valence-electron chi connectivity index (χ2n) is 2.09. The predicted octanol–water partition coefficient (Wildman–Crippen LogP) is 2.34. The fraction of sp³-hybridized carbons (Fsp3) is 0.167. The molecule has 0 radical (unpaired) electrons. The van der Waals surface area contributed by atoms with Gasteiger partial charge in [-0.3, -0.25) is 0 Å². The lowest BCUT2D eigenvalue weighted by molar-refractivity contribution is -0.141. The van der Waals surface area contributed by atoms with Gasteiger partial charge < -0.3 is 5.73 Å². The van der Waals surface area contributed by atoms with Gasteiger partial charge in [0.1, 0.15) is 5.69 Å². The van der Waals surface area contributed by atoms with Crippen molar-refractivity contribution in [1.82, 2.24) is 4.98 Å². The third kappa shape index (κ3) is 1.79. The summed E-state index contributed by atoms with van der Waals surface area (Å²) in [6, 6.07) is 0.691. The number of aromatic nitrogens is 1. The van der Waals surface area contributed by atoms with E-state index in [1.54, 1.807) is 0 Å². The van der Waals surface area contributed by atoms with E-state index in [-0.39, 0.29) is 10.7 Å². The fourth-order valence-electron chi connectivity index (χ4n) is 0.596. The molecule has 0 atom stereocenters. The Labute approximate surface area is 71.2 Å². The Bertz CT molecular complexity index is 297. The van der Waals surface area contributed by atoms with Gasteiger partial charge in [-0.1, -0.05) is 11.6 Å². The number of anilines is 1. The molecule has 0 fully saturated rings. The summed E-state index contributed by atoms with van der Waals surface area (Å²) in [5.74, 6) is 0. The van der Waals surface area contributed by atoms with Crippen molar-refractivity contribution in [3.05, 3.63) is 23.0 Å². The van der Waals surface area contributed by atoms with E-state index in [0.29, 0.717) is 6.07 Å². The minimum Gasteiger partial charge on any atom is -0.396 e. The Hall–Kier alpha value is -0.970. The van der Waals surface area contributed by atoms with Gasteiger partial charge in [0.15, 0.2) is 0 Å². The molecular formula is C6H4ClF3N2. The predicted molar refractivity (Wildman–Crippen MR) is 38.7 cm³/mol. The molecule has 0 aromatic carbocycles. The van der Waals surface area contributed by atoms with E-state index in [0.717, 1.165) is 6.20 Å². The summed E-state index contributed by atoms with van der Waals surface area (Å²) in [4.78, 5) is 3.08. The number of alkyl halides is 3.